The van der Waals surface area contributed by atoms with Crippen molar-refractivity contribution in [1.82, 2.24) is 19.4 Å². The molecule has 0 N–H and O–H groups in total. The van der Waals surface area contributed by atoms with E-state index in [-0.39, 0.29) is 0 Å². The molecule has 5 nitrogen and oxygen atoms in total. The summed E-state index contributed by atoms with van der Waals surface area (Å²) in [5.74, 6) is 1.82. The number of aromatic nitrogens is 3. The maximum atomic E-state index is 6.14. The van der Waals surface area contributed by atoms with Crippen molar-refractivity contribution in [1.29, 1.82) is 0 Å². The second kappa shape index (κ2) is 6.08. The van der Waals surface area contributed by atoms with Crippen LogP contribution in [0.2, 0.25) is 0 Å². The number of pyridine rings is 1. The van der Waals surface area contributed by atoms with E-state index in [4.69, 9.17) is 4.74 Å². The Bertz CT molecular complexity index is 605. The maximum Gasteiger partial charge on any atom is 0.142 e. The average molecular weight is 298 g/mol. The predicted octanol–water partition coefficient (Wildman–Crippen LogP) is 2.19. The van der Waals surface area contributed by atoms with Crippen LogP contribution in [-0.2, 0) is 6.54 Å². The lowest BCUT2D eigenvalue weighted by molar-refractivity contribution is 0.0235. The lowest BCUT2D eigenvalue weighted by atomic mass is 9.83. The molecule has 5 heterocycles. The standard InChI is InChI=1S/C17H22N4O/c1-2-17(16(19-5-1)11-20-9-6-18-13-20)22-12-15-10-14-3-7-21(15)8-4-14/h1-2,5-6,9,13-15H,3-4,7-8,10-12H2. The predicted molar refractivity (Wildman–Crippen MR) is 83.8 cm³/mol. The van der Waals surface area contributed by atoms with E-state index in [0.717, 1.165) is 24.0 Å². The molecule has 5 heteroatoms. The molecular weight excluding hydrogens is 276 g/mol. The molecule has 3 aliphatic rings. The molecule has 0 aromatic carbocycles. The number of fused-ring (bicyclic) bond motifs is 3. The van der Waals surface area contributed by atoms with E-state index in [1.54, 1.807) is 6.20 Å². The third kappa shape index (κ3) is 2.86. The van der Waals surface area contributed by atoms with Gasteiger partial charge in [-0.1, -0.05) is 0 Å². The molecule has 2 aromatic rings. The molecule has 0 radical (unpaired) electrons. The van der Waals surface area contributed by atoms with E-state index in [9.17, 15) is 0 Å². The van der Waals surface area contributed by atoms with Gasteiger partial charge in [0.2, 0.25) is 0 Å². The molecule has 3 aliphatic heterocycles. The van der Waals surface area contributed by atoms with Crippen molar-refractivity contribution in [3.63, 3.8) is 0 Å². The van der Waals surface area contributed by atoms with E-state index >= 15 is 0 Å². The van der Waals surface area contributed by atoms with E-state index in [1.807, 2.05) is 35.4 Å². The smallest absolute Gasteiger partial charge is 0.142 e. The highest BCUT2D eigenvalue weighted by Gasteiger charge is 2.33. The van der Waals surface area contributed by atoms with Crippen molar-refractivity contribution in [2.75, 3.05) is 19.7 Å². The minimum absolute atomic E-state index is 0.578. The van der Waals surface area contributed by atoms with Gasteiger partial charge in [-0.2, -0.15) is 0 Å². The zero-order chi connectivity index (χ0) is 14.8. The molecule has 0 aliphatic carbocycles. The van der Waals surface area contributed by atoms with Gasteiger partial charge in [-0.25, -0.2) is 4.98 Å². The molecule has 116 valence electrons. The molecular formula is C17H22N4O. The van der Waals surface area contributed by atoms with E-state index in [0.29, 0.717) is 12.6 Å². The summed E-state index contributed by atoms with van der Waals surface area (Å²) in [6.45, 7) is 3.97. The van der Waals surface area contributed by atoms with E-state index in [2.05, 4.69) is 14.9 Å². The number of piperidine rings is 3. The Morgan fingerprint density at radius 2 is 2.14 bits per heavy atom. The van der Waals surface area contributed by atoms with Crippen molar-refractivity contribution < 1.29 is 4.74 Å². The second-order valence-corrected chi connectivity index (χ2v) is 6.36. The van der Waals surface area contributed by atoms with Crippen LogP contribution < -0.4 is 4.74 Å². The highest BCUT2D eigenvalue weighted by molar-refractivity contribution is 5.27. The van der Waals surface area contributed by atoms with Crippen molar-refractivity contribution in [2.45, 2.75) is 31.8 Å². The zero-order valence-corrected chi connectivity index (χ0v) is 12.8. The quantitative estimate of drug-likeness (QED) is 0.848. The zero-order valence-electron chi connectivity index (χ0n) is 12.8. The summed E-state index contributed by atoms with van der Waals surface area (Å²) >= 11 is 0. The van der Waals surface area contributed by atoms with Crippen LogP contribution >= 0.6 is 0 Å². The number of hydrogen-bond acceptors (Lipinski definition) is 4. The molecule has 2 bridgehead atoms. The monoisotopic (exact) mass is 298 g/mol. The minimum Gasteiger partial charge on any atom is -0.490 e. The lowest BCUT2D eigenvalue weighted by Gasteiger charge is -2.45. The Balaban J connectivity index is 1.42. The topological polar surface area (TPSA) is 43.2 Å². The fraction of sp³-hybridized carbons (Fsp3) is 0.529. The fourth-order valence-electron chi connectivity index (χ4n) is 3.67. The van der Waals surface area contributed by atoms with Crippen LogP contribution in [0.3, 0.4) is 0 Å². The van der Waals surface area contributed by atoms with Gasteiger partial charge in [-0.3, -0.25) is 9.88 Å². The van der Waals surface area contributed by atoms with Gasteiger partial charge in [0.05, 0.1) is 12.9 Å². The van der Waals surface area contributed by atoms with Crippen molar-refractivity contribution in [3.8, 4) is 5.75 Å². The third-order valence-electron chi connectivity index (χ3n) is 4.94. The molecule has 1 atom stereocenters. The SMILES string of the molecule is c1cnc(Cn2ccnc2)c(OCC2CC3CCN2CC3)c1. The maximum absolute atomic E-state index is 6.14. The molecule has 0 saturated carbocycles. The van der Waals surface area contributed by atoms with E-state index in [1.165, 1.54) is 32.4 Å². The van der Waals surface area contributed by atoms with Crippen LogP contribution in [0.1, 0.15) is 25.0 Å². The van der Waals surface area contributed by atoms with Crippen LogP contribution in [0.15, 0.2) is 37.1 Å². The number of ether oxygens (including phenoxy) is 1. The summed E-state index contributed by atoms with van der Waals surface area (Å²) in [7, 11) is 0. The minimum atomic E-state index is 0.578. The Kier molecular flexibility index (Phi) is 3.81. The highest BCUT2D eigenvalue weighted by atomic mass is 16.5. The molecule has 2 aromatic heterocycles. The lowest BCUT2D eigenvalue weighted by Crippen LogP contribution is -2.51. The second-order valence-electron chi connectivity index (χ2n) is 6.36. The summed E-state index contributed by atoms with van der Waals surface area (Å²) < 4.78 is 8.16. The number of nitrogens with zero attached hydrogens (tertiary/aromatic N) is 4. The molecule has 22 heavy (non-hydrogen) atoms. The van der Waals surface area contributed by atoms with Crippen LogP contribution in [-0.4, -0.2) is 45.2 Å². The highest BCUT2D eigenvalue weighted by Crippen LogP contribution is 2.32. The summed E-state index contributed by atoms with van der Waals surface area (Å²) in [5, 5.41) is 0. The summed E-state index contributed by atoms with van der Waals surface area (Å²) in [6, 6.07) is 4.55. The largest absolute Gasteiger partial charge is 0.490 e. The fourth-order valence-corrected chi connectivity index (χ4v) is 3.67. The van der Waals surface area contributed by atoms with Gasteiger partial charge >= 0.3 is 0 Å². The molecule has 0 amide bonds. The van der Waals surface area contributed by atoms with Gasteiger partial charge in [0.25, 0.3) is 0 Å². The molecule has 0 spiro atoms. The summed E-state index contributed by atoms with van der Waals surface area (Å²) in [6.07, 6.45) is 11.4. The Morgan fingerprint density at radius 3 is 2.86 bits per heavy atom. The van der Waals surface area contributed by atoms with Gasteiger partial charge < -0.3 is 9.30 Å². The first-order valence-corrected chi connectivity index (χ1v) is 8.15. The van der Waals surface area contributed by atoms with Gasteiger partial charge in [0.15, 0.2) is 0 Å². The summed E-state index contributed by atoms with van der Waals surface area (Å²) in [4.78, 5) is 11.1. The third-order valence-corrected chi connectivity index (χ3v) is 4.94. The molecule has 5 rings (SSSR count). The van der Waals surface area contributed by atoms with E-state index < -0.39 is 0 Å². The van der Waals surface area contributed by atoms with Crippen LogP contribution in [0.25, 0.3) is 0 Å². The molecule has 3 saturated heterocycles. The first kappa shape index (κ1) is 13.8. The van der Waals surface area contributed by atoms with Crippen LogP contribution in [0, 0.1) is 5.92 Å². The van der Waals surface area contributed by atoms with Gasteiger partial charge in [-0.15, -0.1) is 0 Å². The van der Waals surface area contributed by atoms with Crippen LogP contribution in [0.4, 0.5) is 0 Å². The summed E-state index contributed by atoms with van der Waals surface area (Å²) in [5.41, 5.74) is 0.969. The van der Waals surface area contributed by atoms with Gasteiger partial charge in [0.1, 0.15) is 18.1 Å². The van der Waals surface area contributed by atoms with Crippen molar-refractivity contribution in [2.24, 2.45) is 5.92 Å². The Labute approximate surface area is 130 Å². The van der Waals surface area contributed by atoms with Crippen molar-refractivity contribution in [3.05, 3.63) is 42.7 Å². The molecule has 1 unspecified atom stereocenters. The van der Waals surface area contributed by atoms with Crippen molar-refractivity contribution >= 4 is 0 Å². The number of imidazole rings is 1. The Hall–Kier alpha value is -1.88. The molecule has 3 fully saturated rings. The Morgan fingerprint density at radius 1 is 1.23 bits per heavy atom. The normalized spacial score (nSPS) is 27.0. The number of hydrogen-bond donors (Lipinski definition) is 0. The van der Waals surface area contributed by atoms with Gasteiger partial charge in [-0.05, 0) is 50.4 Å². The average Bonchev–Trinajstić information content (AvgIpc) is 3.08. The first-order chi connectivity index (χ1) is 10.9. The van der Waals surface area contributed by atoms with Gasteiger partial charge in [0, 0.05) is 24.6 Å². The number of rotatable bonds is 5. The first-order valence-electron chi connectivity index (χ1n) is 8.15. The van der Waals surface area contributed by atoms with Crippen LogP contribution in [0.5, 0.6) is 5.75 Å².